The minimum Gasteiger partial charge on any atom is -1.00 e. The first-order valence-corrected chi connectivity index (χ1v) is 1.45. The molecule has 0 aliphatic carbocycles. The van der Waals surface area contributed by atoms with E-state index >= 15 is 0 Å². The zero-order valence-corrected chi connectivity index (χ0v) is 6.90. The first kappa shape index (κ1) is 24.7. The van der Waals surface area contributed by atoms with E-state index in [-0.39, 0.29) is 32.8 Å². The van der Waals surface area contributed by atoms with Gasteiger partial charge in [0.25, 0.3) is 0 Å². The Morgan fingerprint density at radius 1 is 1.00 bits per heavy atom. The van der Waals surface area contributed by atoms with E-state index in [9.17, 15) is 0 Å². The van der Waals surface area contributed by atoms with Crippen molar-refractivity contribution in [2.75, 3.05) is 0 Å². The fourth-order valence-corrected chi connectivity index (χ4v) is 0. The van der Waals surface area contributed by atoms with E-state index in [1.807, 2.05) is 0 Å². The number of nitriles is 2. The number of halogens is 1. The summed E-state index contributed by atoms with van der Waals surface area (Å²) in [4.78, 5) is 0. The molecule has 0 rings (SSSR count). The second-order valence-electron chi connectivity index (χ2n) is 0.447. The summed E-state index contributed by atoms with van der Waals surface area (Å²) in [7, 11) is 0. The normalized spacial score (nSPS) is 2.00. The maximum atomic E-state index is 7.32. The molecule has 0 spiro atoms. The number of hydrogen-bond acceptors (Lipinski definition) is 2. The zero-order chi connectivity index (χ0) is 5.41. The van der Waals surface area contributed by atoms with Crippen LogP contribution >= 0.6 is 0 Å². The van der Waals surface area contributed by atoms with E-state index < -0.39 is 0 Å². The van der Waals surface area contributed by atoms with Crippen LogP contribution in [0.1, 0.15) is 13.8 Å². The Hall–Kier alpha value is -0.0677. The molecule has 0 saturated heterocycles. The van der Waals surface area contributed by atoms with Gasteiger partial charge in [0, 0.05) is 13.8 Å². The molecule has 0 N–H and O–H groups in total. The van der Waals surface area contributed by atoms with Crippen molar-refractivity contribution in [3.8, 4) is 12.1 Å². The van der Waals surface area contributed by atoms with Crippen molar-refractivity contribution < 1.29 is 32.8 Å². The Balaban J connectivity index is -0.0000000160. The van der Waals surface area contributed by atoms with E-state index in [0.29, 0.717) is 0 Å². The Kier molecular flexibility index (Phi) is 201. The second-order valence-corrected chi connectivity index (χ2v) is 0.447. The van der Waals surface area contributed by atoms with Gasteiger partial charge in [-0.05, 0) is 0 Å². The minimum absolute atomic E-state index is 0. The molecule has 0 amide bonds. The average molecular weight is 224 g/mol. The molecule has 0 aromatic rings. The summed E-state index contributed by atoms with van der Waals surface area (Å²) in [6, 6.07) is 3.50. The standard InChI is InChI=1S/2C2H3N.ClH.Pd/c2*1-2-3;;/h2*1H3;1H;/q;;;+2/p-1. The van der Waals surface area contributed by atoms with E-state index in [1.54, 1.807) is 12.1 Å². The number of hydrogen-bond donors (Lipinski definition) is 0. The fraction of sp³-hybridized carbons (Fsp3) is 0.500. The van der Waals surface area contributed by atoms with Crippen molar-refractivity contribution in [1.29, 1.82) is 10.5 Å². The predicted octanol–water partition coefficient (Wildman–Crippen LogP) is -1.94. The molecule has 0 aliphatic heterocycles. The van der Waals surface area contributed by atoms with Crippen molar-refractivity contribution in [3.05, 3.63) is 0 Å². The quantitative estimate of drug-likeness (QED) is 0.449. The van der Waals surface area contributed by atoms with Crippen molar-refractivity contribution in [3.63, 3.8) is 0 Å². The van der Waals surface area contributed by atoms with Gasteiger partial charge in [0.2, 0.25) is 0 Å². The first-order valence-electron chi connectivity index (χ1n) is 1.45. The van der Waals surface area contributed by atoms with Crippen LogP contribution in [0.2, 0.25) is 0 Å². The van der Waals surface area contributed by atoms with Crippen molar-refractivity contribution in [2.24, 2.45) is 0 Å². The molecule has 0 atom stereocenters. The minimum atomic E-state index is 0. The molecule has 0 aliphatic rings. The molecule has 0 aromatic heterocycles. The molecule has 0 radical (unpaired) electrons. The zero-order valence-electron chi connectivity index (χ0n) is 4.59. The van der Waals surface area contributed by atoms with Crippen LogP contribution < -0.4 is 12.4 Å². The molecule has 48 valence electrons. The van der Waals surface area contributed by atoms with Gasteiger partial charge in [0.1, 0.15) is 0 Å². The molecule has 0 fully saturated rings. The van der Waals surface area contributed by atoms with E-state index in [1.165, 1.54) is 13.8 Å². The fourth-order valence-electron chi connectivity index (χ4n) is 0. The molecule has 2 nitrogen and oxygen atoms in total. The predicted molar refractivity (Wildman–Crippen MR) is 22.6 cm³/mol. The van der Waals surface area contributed by atoms with Gasteiger partial charge in [-0.2, -0.15) is 10.5 Å². The van der Waals surface area contributed by atoms with Gasteiger partial charge in [-0.1, -0.05) is 0 Å². The maximum absolute atomic E-state index is 7.32. The van der Waals surface area contributed by atoms with Crippen molar-refractivity contribution in [1.82, 2.24) is 0 Å². The third kappa shape index (κ3) is 31500. The summed E-state index contributed by atoms with van der Waals surface area (Å²) in [6.45, 7) is 2.86. The second kappa shape index (κ2) is 65.3. The topological polar surface area (TPSA) is 47.6 Å². The Morgan fingerprint density at radius 2 is 1.00 bits per heavy atom. The Bertz CT molecular complexity index is 69.0. The van der Waals surface area contributed by atoms with Gasteiger partial charge >= 0.3 is 20.4 Å². The smallest absolute Gasteiger partial charge is 1.00 e. The van der Waals surface area contributed by atoms with Gasteiger partial charge in [-0.15, -0.1) is 0 Å². The van der Waals surface area contributed by atoms with E-state index in [0.717, 1.165) is 0 Å². The first-order chi connectivity index (χ1) is 2.83. The largest absolute Gasteiger partial charge is 2.00 e. The molecular formula is C4H6ClN2Pd+. The van der Waals surface area contributed by atoms with Crippen LogP contribution in [0, 0.1) is 22.7 Å². The summed E-state index contributed by atoms with van der Waals surface area (Å²) < 4.78 is 0. The molecule has 0 aromatic carbocycles. The average Bonchev–Trinajstić information content (AvgIpc) is 1.39. The van der Waals surface area contributed by atoms with Crippen LogP contribution in [-0.4, -0.2) is 0 Å². The molecule has 4 heteroatoms. The maximum Gasteiger partial charge on any atom is 2.00 e. The third-order valence-corrected chi connectivity index (χ3v) is 0. The van der Waals surface area contributed by atoms with Gasteiger partial charge in [0.15, 0.2) is 0 Å². The molecule has 8 heavy (non-hydrogen) atoms. The summed E-state index contributed by atoms with van der Waals surface area (Å²) in [5.41, 5.74) is 0. The summed E-state index contributed by atoms with van der Waals surface area (Å²) >= 11 is 0. The van der Waals surface area contributed by atoms with Crippen LogP contribution in [0.15, 0.2) is 0 Å². The van der Waals surface area contributed by atoms with Gasteiger partial charge in [-0.25, -0.2) is 0 Å². The SMILES string of the molecule is CC#N.CC#N.[Cl-].[Pd+2]. The third-order valence-electron chi connectivity index (χ3n) is 0. The summed E-state index contributed by atoms with van der Waals surface area (Å²) in [5, 5.41) is 14.6. The monoisotopic (exact) mass is 223 g/mol. The molecule has 0 bridgehead atoms. The number of nitrogens with zero attached hydrogens (tertiary/aromatic N) is 2. The van der Waals surface area contributed by atoms with Crippen LogP contribution in [0.4, 0.5) is 0 Å². The van der Waals surface area contributed by atoms with Crippen molar-refractivity contribution in [2.45, 2.75) is 13.8 Å². The van der Waals surface area contributed by atoms with Crippen LogP contribution in [-0.2, 0) is 20.4 Å². The van der Waals surface area contributed by atoms with Gasteiger partial charge in [-0.3, -0.25) is 0 Å². The van der Waals surface area contributed by atoms with Crippen LogP contribution in [0.25, 0.3) is 0 Å². The van der Waals surface area contributed by atoms with Gasteiger partial charge < -0.3 is 12.4 Å². The van der Waals surface area contributed by atoms with Crippen molar-refractivity contribution >= 4 is 0 Å². The van der Waals surface area contributed by atoms with Crippen LogP contribution in [0.5, 0.6) is 0 Å². The summed E-state index contributed by atoms with van der Waals surface area (Å²) in [6.07, 6.45) is 0. The molecular weight excluding hydrogens is 218 g/mol. The Morgan fingerprint density at radius 3 is 1.00 bits per heavy atom. The summed E-state index contributed by atoms with van der Waals surface area (Å²) in [5.74, 6) is 0. The van der Waals surface area contributed by atoms with Crippen LogP contribution in [0.3, 0.4) is 0 Å². The van der Waals surface area contributed by atoms with Gasteiger partial charge in [0.05, 0.1) is 12.1 Å². The number of rotatable bonds is 0. The van der Waals surface area contributed by atoms with E-state index in [4.69, 9.17) is 10.5 Å². The molecule has 0 unspecified atom stereocenters. The molecule has 0 saturated carbocycles. The van der Waals surface area contributed by atoms with E-state index in [2.05, 4.69) is 0 Å². The molecule has 0 heterocycles. The Labute approximate surface area is 69.6 Å².